The van der Waals surface area contributed by atoms with Gasteiger partial charge in [-0.15, -0.1) is 11.3 Å². The van der Waals surface area contributed by atoms with Crippen LogP contribution in [0.4, 0.5) is 0 Å². The fourth-order valence-electron chi connectivity index (χ4n) is 1.09. The minimum atomic E-state index is 0.762. The van der Waals surface area contributed by atoms with Gasteiger partial charge >= 0.3 is 0 Å². The molecule has 0 bridgehead atoms. The summed E-state index contributed by atoms with van der Waals surface area (Å²) in [5.41, 5.74) is 0.960. The maximum Gasteiger partial charge on any atom is 0.177 e. The van der Waals surface area contributed by atoms with Crippen molar-refractivity contribution in [2.24, 2.45) is 0 Å². The molecule has 5 heteroatoms. The molecule has 0 aliphatic rings. The lowest BCUT2D eigenvalue weighted by atomic mass is 10.3. The standard InChI is InChI=1S/C9H7BrClNOS/c10-4-3-6-5-7(13-12-6)8-1-2-9(11)14-8/h1-2,5H,3-4H2. The highest BCUT2D eigenvalue weighted by Gasteiger charge is 2.08. The largest absolute Gasteiger partial charge is 0.355 e. The Morgan fingerprint density at radius 2 is 2.36 bits per heavy atom. The van der Waals surface area contributed by atoms with Gasteiger partial charge < -0.3 is 4.52 Å². The summed E-state index contributed by atoms with van der Waals surface area (Å²) in [7, 11) is 0. The van der Waals surface area contributed by atoms with Crippen LogP contribution in [0.2, 0.25) is 4.34 Å². The fourth-order valence-corrected chi connectivity index (χ4v) is 2.49. The van der Waals surface area contributed by atoms with Crippen molar-refractivity contribution in [2.75, 3.05) is 5.33 Å². The van der Waals surface area contributed by atoms with E-state index in [1.165, 1.54) is 11.3 Å². The molecule has 2 aromatic heterocycles. The second kappa shape index (κ2) is 4.47. The van der Waals surface area contributed by atoms with Gasteiger partial charge in [-0.1, -0.05) is 32.7 Å². The van der Waals surface area contributed by atoms with Crippen molar-refractivity contribution in [3.8, 4) is 10.6 Å². The number of aryl methyl sites for hydroxylation is 1. The van der Waals surface area contributed by atoms with Crippen molar-refractivity contribution in [3.63, 3.8) is 0 Å². The molecule has 0 spiro atoms. The van der Waals surface area contributed by atoms with Gasteiger partial charge in [0.2, 0.25) is 0 Å². The normalized spacial score (nSPS) is 10.7. The Morgan fingerprint density at radius 1 is 1.50 bits per heavy atom. The van der Waals surface area contributed by atoms with Crippen molar-refractivity contribution < 1.29 is 4.52 Å². The Bertz CT molecular complexity index is 426. The highest BCUT2D eigenvalue weighted by atomic mass is 79.9. The average molecular weight is 293 g/mol. The lowest BCUT2D eigenvalue weighted by Crippen LogP contribution is -1.82. The van der Waals surface area contributed by atoms with E-state index in [9.17, 15) is 0 Å². The first-order valence-electron chi connectivity index (χ1n) is 4.07. The molecule has 2 heterocycles. The van der Waals surface area contributed by atoms with Crippen molar-refractivity contribution >= 4 is 38.9 Å². The Kier molecular flexibility index (Phi) is 3.26. The lowest BCUT2D eigenvalue weighted by molar-refractivity contribution is 0.425. The first-order chi connectivity index (χ1) is 6.79. The van der Waals surface area contributed by atoms with Crippen LogP contribution in [0.15, 0.2) is 22.7 Å². The number of rotatable bonds is 3. The summed E-state index contributed by atoms with van der Waals surface area (Å²) in [5.74, 6) is 0.790. The molecule has 0 aromatic carbocycles. The summed E-state index contributed by atoms with van der Waals surface area (Å²) < 4.78 is 5.96. The first-order valence-corrected chi connectivity index (χ1v) is 6.38. The van der Waals surface area contributed by atoms with Crippen molar-refractivity contribution in [2.45, 2.75) is 6.42 Å². The van der Waals surface area contributed by atoms with E-state index in [-0.39, 0.29) is 0 Å². The first kappa shape index (κ1) is 10.2. The van der Waals surface area contributed by atoms with Gasteiger partial charge in [0.15, 0.2) is 5.76 Å². The Hall–Kier alpha value is -0.320. The predicted octanol–water partition coefficient (Wildman–Crippen LogP) is 3.99. The van der Waals surface area contributed by atoms with E-state index in [1.807, 2.05) is 18.2 Å². The second-order valence-electron chi connectivity index (χ2n) is 2.73. The summed E-state index contributed by atoms with van der Waals surface area (Å²) in [6.07, 6.45) is 0.878. The molecule has 0 amide bonds. The quantitative estimate of drug-likeness (QED) is 0.799. The van der Waals surface area contributed by atoms with Crippen LogP contribution >= 0.6 is 38.9 Å². The summed E-state index contributed by atoms with van der Waals surface area (Å²) in [6.45, 7) is 0. The molecule has 0 saturated heterocycles. The lowest BCUT2D eigenvalue weighted by Gasteiger charge is -1.84. The van der Waals surface area contributed by atoms with E-state index in [0.29, 0.717) is 0 Å². The zero-order valence-corrected chi connectivity index (χ0v) is 10.3. The van der Waals surface area contributed by atoms with Gasteiger partial charge in [-0.25, -0.2) is 0 Å². The Labute approximate surface area is 99.0 Å². The van der Waals surface area contributed by atoms with Crippen LogP contribution in [0.5, 0.6) is 0 Å². The molecule has 2 rings (SSSR count). The van der Waals surface area contributed by atoms with Crippen LogP contribution in [-0.4, -0.2) is 10.5 Å². The van der Waals surface area contributed by atoms with E-state index < -0.39 is 0 Å². The van der Waals surface area contributed by atoms with Crippen molar-refractivity contribution in [1.82, 2.24) is 5.16 Å². The van der Waals surface area contributed by atoms with Crippen LogP contribution in [0.1, 0.15) is 5.69 Å². The monoisotopic (exact) mass is 291 g/mol. The summed E-state index contributed by atoms with van der Waals surface area (Å²) >= 11 is 10.7. The molecule has 0 radical (unpaired) electrons. The molecule has 2 aromatic rings. The molecule has 14 heavy (non-hydrogen) atoms. The van der Waals surface area contributed by atoms with Gasteiger partial charge in [-0.3, -0.25) is 0 Å². The molecule has 0 atom stereocenters. The van der Waals surface area contributed by atoms with Crippen molar-refractivity contribution in [1.29, 1.82) is 0 Å². The van der Waals surface area contributed by atoms with E-state index in [1.54, 1.807) is 0 Å². The van der Waals surface area contributed by atoms with Gasteiger partial charge in [0.25, 0.3) is 0 Å². The van der Waals surface area contributed by atoms with Crippen LogP contribution in [0.25, 0.3) is 10.6 Å². The highest BCUT2D eigenvalue weighted by Crippen LogP contribution is 2.31. The average Bonchev–Trinajstić information content (AvgIpc) is 2.74. The minimum absolute atomic E-state index is 0.762. The zero-order chi connectivity index (χ0) is 9.97. The molecular weight excluding hydrogens is 286 g/mol. The molecule has 0 fully saturated rings. The van der Waals surface area contributed by atoms with E-state index in [0.717, 1.165) is 32.4 Å². The smallest absolute Gasteiger partial charge is 0.177 e. The molecule has 74 valence electrons. The zero-order valence-electron chi connectivity index (χ0n) is 7.17. The third-order valence-electron chi connectivity index (χ3n) is 1.73. The van der Waals surface area contributed by atoms with Gasteiger partial charge in [0, 0.05) is 17.8 Å². The Morgan fingerprint density at radius 3 is 3.00 bits per heavy atom. The van der Waals surface area contributed by atoms with Gasteiger partial charge in [0.05, 0.1) is 14.9 Å². The Balaban J connectivity index is 2.24. The maximum atomic E-state index is 5.83. The number of nitrogens with zero attached hydrogens (tertiary/aromatic N) is 1. The van der Waals surface area contributed by atoms with Gasteiger partial charge in [-0.05, 0) is 12.1 Å². The number of aromatic nitrogens is 1. The molecule has 0 saturated carbocycles. The third kappa shape index (κ3) is 2.19. The summed E-state index contributed by atoms with van der Waals surface area (Å²) in [4.78, 5) is 1.02. The van der Waals surface area contributed by atoms with Gasteiger partial charge in [0.1, 0.15) is 0 Å². The number of alkyl halides is 1. The van der Waals surface area contributed by atoms with Crippen molar-refractivity contribution in [3.05, 3.63) is 28.2 Å². The van der Waals surface area contributed by atoms with E-state index in [2.05, 4.69) is 21.1 Å². The minimum Gasteiger partial charge on any atom is -0.355 e. The third-order valence-corrected chi connectivity index (χ3v) is 3.37. The second-order valence-corrected chi connectivity index (χ2v) is 5.23. The molecule has 2 nitrogen and oxygen atoms in total. The molecule has 0 unspecified atom stereocenters. The maximum absolute atomic E-state index is 5.83. The molecule has 0 N–H and O–H groups in total. The molecule has 0 aliphatic heterocycles. The highest BCUT2D eigenvalue weighted by molar-refractivity contribution is 9.09. The summed E-state index contributed by atoms with van der Waals surface area (Å²) in [6, 6.07) is 5.74. The number of hydrogen-bond acceptors (Lipinski definition) is 3. The number of thiophene rings is 1. The van der Waals surface area contributed by atoms with E-state index >= 15 is 0 Å². The summed E-state index contributed by atoms with van der Waals surface area (Å²) in [5, 5.41) is 4.84. The van der Waals surface area contributed by atoms with Gasteiger partial charge in [-0.2, -0.15) is 0 Å². The topological polar surface area (TPSA) is 26.0 Å². The fraction of sp³-hybridized carbons (Fsp3) is 0.222. The SMILES string of the molecule is Clc1ccc(-c2cc(CCBr)no2)s1. The van der Waals surface area contributed by atoms with Crippen LogP contribution in [-0.2, 0) is 6.42 Å². The van der Waals surface area contributed by atoms with E-state index in [4.69, 9.17) is 16.1 Å². The molecule has 0 aliphatic carbocycles. The number of halogens is 2. The predicted molar refractivity (Wildman–Crippen MR) is 62.3 cm³/mol. The molecular formula is C9H7BrClNOS. The number of hydrogen-bond donors (Lipinski definition) is 0. The van der Waals surface area contributed by atoms with Crippen LogP contribution in [0, 0.1) is 0 Å². The van der Waals surface area contributed by atoms with Crippen LogP contribution in [0.3, 0.4) is 0 Å². The van der Waals surface area contributed by atoms with Crippen LogP contribution < -0.4 is 0 Å².